The molecule has 1 aromatic rings. The third-order valence-corrected chi connectivity index (χ3v) is 2.35. The molecule has 0 fully saturated rings. The van der Waals surface area contributed by atoms with E-state index >= 15 is 0 Å². The Morgan fingerprint density at radius 3 is 2.14 bits per heavy atom. The van der Waals surface area contributed by atoms with Crippen LogP contribution in [0.1, 0.15) is 23.2 Å². The topological polar surface area (TPSA) is 163 Å². The molecule has 1 unspecified atom stereocenters. The number of carbonyl (C=O) groups is 2. The third kappa shape index (κ3) is 11.8. The van der Waals surface area contributed by atoms with E-state index in [2.05, 4.69) is 5.32 Å². The van der Waals surface area contributed by atoms with Crippen molar-refractivity contribution in [2.24, 2.45) is 11.5 Å². The summed E-state index contributed by atoms with van der Waals surface area (Å²) in [5.74, 6) is -1.99. The molecule has 0 aliphatic carbocycles. The van der Waals surface area contributed by atoms with Crippen LogP contribution in [0.4, 0.5) is 0 Å². The number of rotatable bonds is 6. The summed E-state index contributed by atoms with van der Waals surface area (Å²) in [6.07, 6.45) is 0.975. The van der Waals surface area contributed by atoms with Gasteiger partial charge in [0.1, 0.15) is 6.04 Å². The van der Waals surface area contributed by atoms with E-state index in [0.29, 0.717) is 24.9 Å². The molecule has 0 aliphatic heterocycles. The molecule has 8 N–H and O–H groups in total. The molecule has 0 saturated heterocycles. The van der Waals surface area contributed by atoms with Gasteiger partial charge >= 0.3 is 11.9 Å². The Kier molecular flexibility index (Phi) is 12.9. The van der Waals surface area contributed by atoms with Crippen LogP contribution in [0.5, 0.6) is 0 Å². The number of aliphatic carboxylic acids is 1. The fourth-order valence-electron chi connectivity index (χ4n) is 1.25. The fraction of sp³-hybridized carbons (Fsp3) is 0.308. The van der Waals surface area contributed by atoms with Crippen LogP contribution in [0, 0.1) is 5.41 Å². The zero-order valence-corrected chi connectivity index (χ0v) is 15.1. The van der Waals surface area contributed by atoms with Gasteiger partial charge in [0.05, 0.1) is 5.56 Å². The van der Waals surface area contributed by atoms with E-state index < -0.39 is 18.0 Å². The zero-order valence-electron chi connectivity index (χ0n) is 12.2. The van der Waals surface area contributed by atoms with Crippen molar-refractivity contribution in [1.82, 2.24) is 5.32 Å². The number of benzene rings is 1. The number of guanidine groups is 1. The molecule has 9 heteroatoms. The van der Waals surface area contributed by atoms with Gasteiger partial charge in [-0.05, 0) is 25.0 Å². The molecule has 1 aromatic carbocycles. The quantitative estimate of drug-likeness (QED) is 0.180. The monoisotopic (exact) mass is 360 g/mol. The van der Waals surface area contributed by atoms with Gasteiger partial charge in [-0.3, -0.25) is 10.2 Å². The van der Waals surface area contributed by atoms with Crippen LogP contribution >= 0.6 is 0 Å². The van der Waals surface area contributed by atoms with Crippen LogP contribution in [0.25, 0.3) is 0 Å². The molecule has 1 atom stereocenters. The Bertz CT molecular complexity index is 470. The average Bonchev–Trinajstić information content (AvgIpc) is 2.44. The number of nitrogens with two attached hydrogens (primary N) is 2. The molecule has 22 heavy (non-hydrogen) atoms. The number of aromatic carboxylic acids is 1. The van der Waals surface area contributed by atoms with Crippen LogP contribution in [0.3, 0.4) is 0 Å². The van der Waals surface area contributed by atoms with E-state index in [1.165, 1.54) is 0 Å². The summed E-state index contributed by atoms with van der Waals surface area (Å²) in [5.41, 5.74) is 10.5. The number of carboxylic acids is 2. The minimum absolute atomic E-state index is 0. The molecule has 0 spiro atoms. The van der Waals surface area contributed by atoms with Crippen molar-refractivity contribution >= 4 is 17.9 Å². The first-order valence-electron chi connectivity index (χ1n) is 6.19. The molecular weight excluding hydrogens is 342 g/mol. The maximum absolute atomic E-state index is 10.2. The van der Waals surface area contributed by atoms with Crippen LogP contribution in [0.2, 0.25) is 0 Å². The SMILES string of the molecule is N=C(N)NCCCC(N)C(=O)O.O=C(O)c1ccccc1.[Zn]. The first-order chi connectivity index (χ1) is 9.84. The molecule has 0 aliphatic rings. The first-order valence-corrected chi connectivity index (χ1v) is 6.19. The number of hydrogen-bond acceptors (Lipinski definition) is 4. The second-order valence-electron chi connectivity index (χ2n) is 4.10. The van der Waals surface area contributed by atoms with Crippen molar-refractivity contribution in [1.29, 1.82) is 5.41 Å². The van der Waals surface area contributed by atoms with Crippen molar-refractivity contribution < 1.29 is 39.3 Å². The maximum Gasteiger partial charge on any atom is 0.335 e. The summed E-state index contributed by atoms with van der Waals surface area (Å²) in [7, 11) is 0. The van der Waals surface area contributed by atoms with E-state index in [-0.39, 0.29) is 25.4 Å². The van der Waals surface area contributed by atoms with Gasteiger partial charge in [-0.15, -0.1) is 0 Å². The second kappa shape index (κ2) is 12.7. The van der Waals surface area contributed by atoms with Gasteiger partial charge in [-0.25, -0.2) is 4.79 Å². The van der Waals surface area contributed by atoms with Gasteiger partial charge in [0.15, 0.2) is 5.96 Å². The smallest absolute Gasteiger partial charge is 0.335 e. The average molecular weight is 362 g/mol. The van der Waals surface area contributed by atoms with Gasteiger partial charge in [0.2, 0.25) is 0 Å². The predicted molar refractivity (Wildman–Crippen MR) is 78.2 cm³/mol. The summed E-state index contributed by atoms with van der Waals surface area (Å²) < 4.78 is 0. The van der Waals surface area contributed by atoms with Crippen molar-refractivity contribution in [2.75, 3.05) is 6.54 Å². The molecule has 118 valence electrons. The molecular formula is C13H20N4O4Zn. The van der Waals surface area contributed by atoms with Crippen molar-refractivity contribution in [3.05, 3.63) is 35.9 Å². The predicted octanol–water partition coefficient (Wildman–Crippen LogP) is 0.0439. The van der Waals surface area contributed by atoms with Crippen molar-refractivity contribution in [3.8, 4) is 0 Å². The number of hydrogen-bond donors (Lipinski definition) is 6. The standard InChI is InChI=1S/C7H6O2.C6H14N4O2.Zn/c8-7(9)6-4-2-1-3-5-6;7-4(5(11)12)2-1-3-10-6(8)9;/h1-5H,(H,8,9);4H,1-3,7H2,(H,11,12)(H4,8,9,10);. The molecule has 0 aromatic heterocycles. The van der Waals surface area contributed by atoms with Crippen molar-refractivity contribution in [3.63, 3.8) is 0 Å². The Labute approximate surface area is 141 Å². The summed E-state index contributed by atoms with van der Waals surface area (Å²) in [4.78, 5) is 20.4. The molecule has 1 rings (SSSR count). The van der Waals surface area contributed by atoms with E-state index in [4.69, 9.17) is 27.1 Å². The van der Waals surface area contributed by atoms with Crippen LogP contribution in [-0.4, -0.2) is 40.7 Å². The van der Waals surface area contributed by atoms with Gasteiger partial charge < -0.3 is 27.0 Å². The van der Waals surface area contributed by atoms with Crippen LogP contribution in [0.15, 0.2) is 30.3 Å². The molecule has 0 saturated carbocycles. The molecule has 0 amide bonds. The molecule has 0 radical (unpaired) electrons. The first kappa shape index (κ1) is 22.3. The fourth-order valence-corrected chi connectivity index (χ4v) is 1.25. The summed E-state index contributed by atoms with van der Waals surface area (Å²) in [5, 5.41) is 26.1. The third-order valence-electron chi connectivity index (χ3n) is 2.35. The summed E-state index contributed by atoms with van der Waals surface area (Å²) in [6, 6.07) is 7.48. The minimum Gasteiger partial charge on any atom is -0.480 e. The number of nitrogens with one attached hydrogen (secondary N) is 2. The Morgan fingerprint density at radius 1 is 1.23 bits per heavy atom. The minimum atomic E-state index is -1.00. The maximum atomic E-state index is 10.2. The van der Waals surface area contributed by atoms with Gasteiger partial charge in [-0.1, -0.05) is 18.2 Å². The Hall–Kier alpha value is -1.99. The normalized spacial score (nSPS) is 10.2. The summed E-state index contributed by atoms with van der Waals surface area (Å²) >= 11 is 0. The zero-order chi connectivity index (χ0) is 16.3. The van der Waals surface area contributed by atoms with Gasteiger partial charge in [0.25, 0.3) is 0 Å². The van der Waals surface area contributed by atoms with Crippen LogP contribution in [-0.2, 0) is 24.3 Å². The Morgan fingerprint density at radius 2 is 1.77 bits per heavy atom. The van der Waals surface area contributed by atoms with Gasteiger partial charge in [0, 0.05) is 26.0 Å². The molecule has 0 bridgehead atoms. The van der Waals surface area contributed by atoms with E-state index in [1.807, 2.05) is 0 Å². The van der Waals surface area contributed by atoms with E-state index in [1.54, 1.807) is 30.3 Å². The van der Waals surface area contributed by atoms with E-state index in [0.717, 1.165) is 0 Å². The second-order valence-corrected chi connectivity index (χ2v) is 4.10. The molecule has 8 nitrogen and oxygen atoms in total. The summed E-state index contributed by atoms with van der Waals surface area (Å²) in [6.45, 7) is 0.482. The largest absolute Gasteiger partial charge is 0.480 e. The van der Waals surface area contributed by atoms with Gasteiger partial charge in [-0.2, -0.15) is 0 Å². The van der Waals surface area contributed by atoms with E-state index in [9.17, 15) is 9.59 Å². The molecule has 0 heterocycles. The number of carboxylic acid groups (broad SMARTS) is 2. The van der Waals surface area contributed by atoms with Crippen LogP contribution < -0.4 is 16.8 Å². The van der Waals surface area contributed by atoms with Crippen molar-refractivity contribution in [2.45, 2.75) is 18.9 Å². The Balaban J connectivity index is 0.